The van der Waals surface area contributed by atoms with Crippen LogP contribution in [0.1, 0.15) is 22.9 Å². The van der Waals surface area contributed by atoms with Gasteiger partial charge in [0.15, 0.2) is 0 Å². The molecule has 0 bridgehead atoms. The molecule has 122 valence electrons. The van der Waals surface area contributed by atoms with Crippen LogP contribution in [0.2, 0.25) is 0 Å². The van der Waals surface area contributed by atoms with E-state index >= 15 is 0 Å². The number of nitrogens with one attached hydrogen (secondary N) is 2. The van der Waals surface area contributed by atoms with Crippen LogP contribution in [0, 0.1) is 0 Å². The first-order chi connectivity index (χ1) is 11.8. The van der Waals surface area contributed by atoms with Gasteiger partial charge in [-0.1, -0.05) is 60.7 Å². The first-order valence-electron chi connectivity index (χ1n) is 7.95. The Kier molecular flexibility index (Phi) is 5.43. The summed E-state index contributed by atoms with van der Waals surface area (Å²) in [6.07, 6.45) is 1.58. The lowest BCUT2D eigenvalue weighted by Crippen LogP contribution is -2.36. The van der Waals surface area contributed by atoms with Crippen LogP contribution in [0.5, 0.6) is 0 Å². The zero-order chi connectivity index (χ0) is 16.6. The fraction of sp³-hybridized carbons (Fsp3) is 0.150. The third kappa shape index (κ3) is 4.33. The van der Waals surface area contributed by atoms with Gasteiger partial charge in [-0.3, -0.25) is 10.1 Å². The number of carbonyl (C=O) groups excluding carboxylic acids is 1. The Labute approximate surface area is 141 Å². The number of furan rings is 1. The number of rotatable bonds is 7. The molecule has 0 saturated carbocycles. The van der Waals surface area contributed by atoms with Crippen LogP contribution in [0.4, 0.5) is 0 Å². The normalized spacial score (nSPS) is 11.8. The van der Waals surface area contributed by atoms with Gasteiger partial charge in [0.2, 0.25) is 5.91 Å². The summed E-state index contributed by atoms with van der Waals surface area (Å²) in [7, 11) is 0. The summed E-state index contributed by atoms with van der Waals surface area (Å²) in [4.78, 5) is 12.6. The highest BCUT2D eigenvalue weighted by Gasteiger charge is 2.22. The Balaban J connectivity index is 1.64. The van der Waals surface area contributed by atoms with E-state index in [4.69, 9.17) is 4.42 Å². The maximum absolute atomic E-state index is 12.6. The smallest absolute Gasteiger partial charge is 0.245 e. The molecule has 1 atom stereocenters. The maximum atomic E-state index is 12.6. The Morgan fingerprint density at radius 1 is 0.833 bits per heavy atom. The Bertz CT molecular complexity index is 740. The molecule has 0 aliphatic carbocycles. The molecule has 3 rings (SSSR count). The summed E-state index contributed by atoms with van der Waals surface area (Å²) in [5, 5.41) is 6.23. The summed E-state index contributed by atoms with van der Waals surface area (Å²) in [6, 6.07) is 22.9. The fourth-order valence-electron chi connectivity index (χ4n) is 2.48. The first-order valence-corrected chi connectivity index (χ1v) is 7.95. The van der Waals surface area contributed by atoms with Gasteiger partial charge in [-0.2, -0.15) is 0 Å². The highest BCUT2D eigenvalue weighted by atomic mass is 16.3. The highest BCUT2D eigenvalue weighted by molar-refractivity contribution is 5.82. The van der Waals surface area contributed by atoms with Gasteiger partial charge >= 0.3 is 0 Å². The van der Waals surface area contributed by atoms with Crippen molar-refractivity contribution in [3.8, 4) is 0 Å². The number of carbonyl (C=O) groups is 1. The molecular formula is C20H20N2O2. The van der Waals surface area contributed by atoms with Gasteiger partial charge in [0.05, 0.1) is 6.26 Å². The van der Waals surface area contributed by atoms with E-state index in [0.29, 0.717) is 18.8 Å². The summed E-state index contributed by atoms with van der Waals surface area (Å²) in [5.41, 5.74) is 2.18. The molecular weight excluding hydrogens is 300 g/mol. The number of hydrogen-bond acceptors (Lipinski definition) is 3. The number of benzene rings is 2. The molecule has 0 spiro atoms. The molecule has 2 aromatic carbocycles. The minimum atomic E-state index is -0.524. The van der Waals surface area contributed by atoms with Crippen molar-refractivity contribution in [1.82, 2.24) is 10.6 Å². The lowest BCUT2D eigenvalue weighted by molar-refractivity contribution is -0.123. The van der Waals surface area contributed by atoms with Crippen molar-refractivity contribution in [2.45, 2.75) is 19.1 Å². The zero-order valence-corrected chi connectivity index (χ0v) is 13.3. The monoisotopic (exact) mass is 320 g/mol. The van der Waals surface area contributed by atoms with Gasteiger partial charge < -0.3 is 9.73 Å². The molecule has 24 heavy (non-hydrogen) atoms. The number of amides is 1. The number of hydrogen-bond donors (Lipinski definition) is 2. The van der Waals surface area contributed by atoms with E-state index < -0.39 is 6.04 Å². The van der Waals surface area contributed by atoms with Crippen LogP contribution < -0.4 is 10.6 Å². The predicted molar refractivity (Wildman–Crippen MR) is 93.0 cm³/mol. The van der Waals surface area contributed by atoms with Gasteiger partial charge in [-0.15, -0.1) is 0 Å². The fourth-order valence-corrected chi connectivity index (χ4v) is 2.48. The average Bonchev–Trinajstić information content (AvgIpc) is 3.16. The van der Waals surface area contributed by atoms with E-state index in [9.17, 15) is 4.79 Å². The van der Waals surface area contributed by atoms with Crippen LogP contribution in [0.3, 0.4) is 0 Å². The van der Waals surface area contributed by atoms with E-state index in [1.165, 1.54) is 0 Å². The zero-order valence-electron chi connectivity index (χ0n) is 13.3. The van der Waals surface area contributed by atoms with E-state index in [-0.39, 0.29) is 5.91 Å². The Morgan fingerprint density at radius 3 is 2.04 bits per heavy atom. The van der Waals surface area contributed by atoms with Crippen molar-refractivity contribution in [3.05, 3.63) is 95.9 Å². The summed E-state index contributed by atoms with van der Waals surface area (Å²) in [6.45, 7) is 1.08. The second-order valence-electron chi connectivity index (χ2n) is 5.52. The van der Waals surface area contributed by atoms with Crippen molar-refractivity contribution in [2.24, 2.45) is 0 Å². The van der Waals surface area contributed by atoms with Crippen molar-refractivity contribution in [2.75, 3.05) is 0 Å². The standard InChI is InChI=1S/C20H20N2O2/c23-20(22-15-17-10-5-2-6-11-17)19(18-12-7-13-24-18)21-14-16-8-3-1-4-9-16/h1-13,19,21H,14-15H2,(H,22,23). The molecule has 0 radical (unpaired) electrons. The van der Waals surface area contributed by atoms with Crippen molar-refractivity contribution in [3.63, 3.8) is 0 Å². The third-order valence-electron chi connectivity index (χ3n) is 3.75. The molecule has 0 fully saturated rings. The van der Waals surface area contributed by atoms with Gasteiger partial charge in [-0.25, -0.2) is 0 Å². The third-order valence-corrected chi connectivity index (χ3v) is 3.75. The lowest BCUT2D eigenvalue weighted by atomic mass is 10.1. The molecule has 1 heterocycles. The topological polar surface area (TPSA) is 54.3 Å². The van der Waals surface area contributed by atoms with Crippen LogP contribution in [-0.2, 0) is 17.9 Å². The molecule has 1 aromatic heterocycles. The molecule has 0 aliphatic heterocycles. The van der Waals surface area contributed by atoms with Crippen molar-refractivity contribution >= 4 is 5.91 Å². The molecule has 0 aliphatic rings. The predicted octanol–water partition coefficient (Wildman–Crippen LogP) is 3.43. The molecule has 1 unspecified atom stereocenters. The van der Waals surface area contributed by atoms with Crippen molar-refractivity contribution in [1.29, 1.82) is 0 Å². The molecule has 4 heteroatoms. The Morgan fingerprint density at radius 2 is 1.46 bits per heavy atom. The quantitative estimate of drug-likeness (QED) is 0.701. The largest absolute Gasteiger partial charge is 0.467 e. The van der Waals surface area contributed by atoms with Gasteiger partial charge in [0.25, 0.3) is 0 Å². The maximum Gasteiger partial charge on any atom is 0.245 e. The molecule has 0 saturated heterocycles. The van der Waals surface area contributed by atoms with E-state index in [1.54, 1.807) is 12.3 Å². The Hall–Kier alpha value is -2.85. The second-order valence-corrected chi connectivity index (χ2v) is 5.52. The van der Waals surface area contributed by atoms with E-state index in [2.05, 4.69) is 10.6 Å². The molecule has 4 nitrogen and oxygen atoms in total. The summed E-state index contributed by atoms with van der Waals surface area (Å²) >= 11 is 0. The van der Waals surface area contributed by atoms with E-state index in [1.807, 2.05) is 66.7 Å². The van der Waals surface area contributed by atoms with Gasteiger partial charge in [0.1, 0.15) is 11.8 Å². The second kappa shape index (κ2) is 8.13. The van der Waals surface area contributed by atoms with Crippen LogP contribution in [0.15, 0.2) is 83.5 Å². The molecule has 2 N–H and O–H groups in total. The van der Waals surface area contributed by atoms with Gasteiger partial charge in [-0.05, 0) is 23.3 Å². The lowest BCUT2D eigenvalue weighted by Gasteiger charge is -2.17. The van der Waals surface area contributed by atoms with Crippen LogP contribution in [-0.4, -0.2) is 5.91 Å². The minimum Gasteiger partial charge on any atom is -0.467 e. The van der Waals surface area contributed by atoms with E-state index in [0.717, 1.165) is 11.1 Å². The van der Waals surface area contributed by atoms with Gasteiger partial charge in [0, 0.05) is 13.1 Å². The SMILES string of the molecule is O=C(NCc1ccccc1)C(NCc1ccccc1)c1ccco1. The molecule has 3 aromatic rings. The minimum absolute atomic E-state index is 0.107. The van der Waals surface area contributed by atoms with Crippen LogP contribution >= 0.6 is 0 Å². The summed E-state index contributed by atoms with van der Waals surface area (Å²) < 4.78 is 5.43. The van der Waals surface area contributed by atoms with Crippen molar-refractivity contribution < 1.29 is 9.21 Å². The average molecular weight is 320 g/mol. The highest BCUT2D eigenvalue weighted by Crippen LogP contribution is 2.15. The molecule has 1 amide bonds. The summed E-state index contributed by atoms with van der Waals surface area (Å²) in [5.74, 6) is 0.501. The first kappa shape index (κ1) is 16.0. The van der Waals surface area contributed by atoms with Crippen LogP contribution in [0.25, 0.3) is 0 Å².